The number of thiocarbonyl (C=S) groups is 1. The molecule has 0 fully saturated rings. The molecule has 1 N–H and O–H groups in total. The summed E-state index contributed by atoms with van der Waals surface area (Å²) in [4.78, 5) is 1.81. The summed E-state index contributed by atoms with van der Waals surface area (Å²) in [6, 6.07) is 10.9. The highest BCUT2D eigenvalue weighted by atomic mass is 32.1. The van der Waals surface area contributed by atoms with Gasteiger partial charge in [-0.1, -0.05) is 6.07 Å². The maximum Gasteiger partial charge on any atom is 0.177 e. The van der Waals surface area contributed by atoms with Crippen molar-refractivity contribution >= 4 is 28.7 Å². The first-order valence-electron chi connectivity index (χ1n) is 6.61. The van der Waals surface area contributed by atoms with Gasteiger partial charge in [0.2, 0.25) is 0 Å². The molecule has 21 heavy (non-hydrogen) atoms. The van der Waals surface area contributed by atoms with Gasteiger partial charge in [0.1, 0.15) is 11.6 Å². The van der Waals surface area contributed by atoms with Crippen molar-refractivity contribution in [1.29, 1.82) is 0 Å². The van der Waals surface area contributed by atoms with Crippen LogP contribution in [0.5, 0.6) is 0 Å². The minimum absolute atomic E-state index is 0.285. The van der Waals surface area contributed by atoms with E-state index in [1.165, 1.54) is 18.2 Å². The van der Waals surface area contributed by atoms with Crippen LogP contribution < -0.4 is 10.2 Å². The molecule has 0 aromatic heterocycles. The molecule has 0 amide bonds. The molecule has 0 aliphatic heterocycles. The molecule has 2 aromatic carbocycles. The molecule has 0 bridgehead atoms. The minimum atomic E-state index is -0.297. The van der Waals surface area contributed by atoms with Crippen molar-refractivity contribution < 1.29 is 8.78 Å². The smallest absolute Gasteiger partial charge is 0.177 e. The SMILES string of the molecule is CCN(C(=S)Nc1ccc(C)c(F)c1)c1ccc(F)cc1. The van der Waals surface area contributed by atoms with E-state index in [0.29, 0.717) is 22.9 Å². The number of rotatable bonds is 3. The predicted molar refractivity (Wildman–Crippen MR) is 86.8 cm³/mol. The van der Waals surface area contributed by atoms with E-state index in [1.807, 2.05) is 11.8 Å². The summed E-state index contributed by atoms with van der Waals surface area (Å²) in [6.07, 6.45) is 0. The molecule has 110 valence electrons. The van der Waals surface area contributed by atoms with Crippen molar-refractivity contribution in [3.05, 3.63) is 59.7 Å². The molecule has 2 rings (SSSR count). The van der Waals surface area contributed by atoms with Crippen LogP contribution in [-0.4, -0.2) is 11.7 Å². The number of halogens is 2. The molecule has 2 nitrogen and oxygen atoms in total. The fourth-order valence-corrected chi connectivity index (χ4v) is 2.28. The molecule has 0 atom stereocenters. The van der Waals surface area contributed by atoms with Crippen molar-refractivity contribution in [1.82, 2.24) is 0 Å². The van der Waals surface area contributed by atoms with Crippen LogP contribution in [0, 0.1) is 18.6 Å². The van der Waals surface area contributed by atoms with Gasteiger partial charge in [-0.3, -0.25) is 0 Å². The topological polar surface area (TPSA) is 15.3 Å². The molecule has 0 aliphatic carbocycles. The Morgan fingerprint density at radius 1 is 1.14 bits per heavy atom. The fourth-order valence-electron chi connectivity index (χ4n) is 1.93. The van der Waals surface area contributed by atoms with Crippen LogP contribution in [0.2, 0.25) is 0 Å². The Morgan fingerprint density at radius 3 is 2.38 bits per heavy atom. The van der Waals surface area contributed by atoms with Gasteiger partial charge < -0.3 is 10.2 Å². The van der Waals surface area contributed by atoms with Crippen molar-refractivity contribution in [3.8, 4) is 0 Å². The van der Waals surface area contributed by atoms with Gasteiger partial charge in [-0.15, -0.1) is 0 Å². The van der Waals surface area contributed by atoms with Gasteiger partial charge in [-0.25, -0.2) is 8.78 Å². The van der Waals surface area contributed by atoms with E-state index in [4.69, 9.17) is 12.2 Å². The van der Waals surface area contributed by atoms with Crippen LogP contribution in [0.1, 0.15) is 12.5 Å². The molecule has 2 aromatic rings. The number of aryl methyl sites for hydroxylation is 1. The van der Waals surface area contributed by atoms with Crippen molar-refractivity contribution in [2.75, 3.05) is 16.8 Å². The third-order valence-electron chi connectivity index (χ3n) is 3.12. The average molecular weight is 306 g/mol. The minimum Gasteiger partial charge on any atom is -0.332 e. The quantitative estimate of drug-likeness (QED) is 0.841. The molecular formula is C16H16F2N2S. The van der Waals surface area contributed by atoms with Crippen molar-refractivity contribution in [2.45, 2.75) is 13.8 Å². The van der Waals surface area contributed by atoms with Crippen molar-refractivity contribution in [2.24, 2.45) is 0 Å². The molecule has 5 heteroatoms. The third kappa shape index (κ3) is 3.76. The van der Waals surface area contributed by atoms with Gasteiger partial charge in [0, 0.05) is 17.9 Å². The first-order chi connectivity index (χ1) is 10.0. The van der Waals surface area contributed by atoms with E-state index in [2.05, 4.69) is 5.32 Å². The third-order valence-corrected chi connectivity index (χ3v) is 3.45. The predicted octanol–water partition coefficient (Wildman–Crippen LogP) is 4.50. The monoisotopic (exact) mass is 306 g/mol. The highest BCUT2D eigenvalue weighted by Crippen LogP contribution is 2.18. The van der Waals surface area contributed by atoms with E-state index in [9.17, 15) is 8.78 Å². The summed E-state index contributed by atoms with van der Waals surface area (Å²) in [5, 5.41) is 3.44. The van der Waals surface area contributed by atoms with Gasteiger partial charge in [-0.05, 0) is 68.0 Å². The van der Waals surface area contributed by atoms with Gasteiger partial charge in [0.15, 0.2) is 5.11 Å². The second-order valence-electron chi connectivity index (χ2n) is 4.61. The largest absolute Gasteiger partial charge is 0.332 e. The summed E-state index contributed by atoms with van der Waals surface area (Å²) in [5.74, 6) is -0.582. The number of anilines is 2. The Hall–Kier alpha value is -2.01. The number of hydrogen-bond donors (Lipinski definition) is 1. The number of nitrogens with one attached hydrogen (secondary N) is 1. The van der Waals surface area contributed by atoms with Crippen LogP contribution in [0.25, 0.3) is 0 Å². The van der Waals surface area contributed by atoms with Gasteiger partial charge >= 0.3 is 0 Å². The fraction of sp³-hybridized carbons (Fsp3) is 0.188. The molecule has 0 saturated heterocycles. The van der Waals surface area contributed by atoms with Crippen LogP contribution in [0.3, 0.4) is 0 Å². The Labute approximate surface area is 128 Å². The first kappa shape index (κ1) is 15.4. The van der Waals surface area contributed by atoms with Crippen LogP contribution in [0.4, 0.5) is 20.2 Å². The number of benzene rings is 2. The second-order valence-corrected chi connectivity index (χ2v) is 5.00. The standard InChI is InChI=1S/C16H16F2N2S/c1-3-20(14-8-5-12(17)6-9-14)16(21)19-13-7-4-11(2)15(18)10-13/h4-10H,3H2,1-2H3,(H,19,21). The molecule has 0 saturated carbocycles. The van der Waals surface area contributed by atoms with Crippen LogP contribution >= 0.6 is 12.2 Å². The van der Waals surface area contributed by atoms with E-state index < -0.39 is 0 Å². The van der Waals surface area contributed by atoms with E-state index in [1.54, 1.807) is 31.2 Å². The van der Waals surface area contributed by atoms with E-state index >= 15 is 0 Å². The summed E-state index contributed by atoms with van der Waals surface area (Å²) < 4.78 is 26.5. The van der Waals surface area contributed by atoms with Gasteiger partial charge in [0.25, 0.3) is 0 Å². The lowest BCUT2D eigenvalue weighted by Gasteiger charge is -2.24. The van der Waals surface area contributed by atoms with Gasteiger partial charge in [0.05, 0.1) is 0 Å². The Bertz CT molecular complexity index is 641. The van der Waals surface area contributed by atoms with E-state index in [0.717, 1.165) is 5.69 Å². The van der Waals surface area contributed by atoms with Gasteiger partial charge in [-0.2, -0.15) is 0 Å². The highest BCUT2D eigenvalue weighted by molar-refractivity contribution is 7.80. The lowest BCUT2D eigenvalue weighted by atomic mass is 10.2. The van der Waals surface area contributed by atoms with Crippen LogP contribution in [0.15, 0.2) is 42.5 Å². The Balaban J connectivity index is 2.16. The van der Waals surface area contributed by atoms with E-state index in [-0.39, 0.29) is 11.6 Å². The lowest BCUT2D eigenvalue weighted by molar-refractivity contribution is 0.619. The molecule has 0 unspecified atom stereocenters. The molecule has 0 heterocycles. The Morgan fingerprint density at radius 2 is 1.81 bits per heavy atom. The number of hydrogen-bond acceptors (Lipinski definition) is 1. The normalized spacial score (nSPS) is 10.3. The Kier molecular flexibility index (Phi) is 4.85. The van der Waals surface area contributed by atoms with Crippen molar-refractivity contribution in [3.63, 3.8) is 0 Å². The highest BCUT2D eigenvalue weighted by Gasteiger charge is 2.11. The molecule has 0 aliphatic rings. The summed E-state index contributed by atoms with van der Waals surface area (Å²) >= 11 is 5.35. The second kappa shape index (κ2) is 6.63. The zero-order chi connectivity index (χ0) is 15.4. The summed E-state index contributed by atoms with van der Waals surface area (Å²) in [6.45, 7) is 4.26. The zero-order valence-corrected chi connectivity index (χ0v) is 12.7. The molecule has 0 spiro atoms. The first-order valence-corrected chi connectivity index (χ1v) is 7.02. The zero-order valence-electron chi connectivity index (χ0n) is 11.9. The molecule has 0 radical (unpaired) electrons. The van der Waals surface area contributed by atoms with Crippen LogP contribution in [-0.2, 0) is 0 Å². The lowest BCUT2D eigenvalue weighted by Crippen LogP contribution is -2.34. The number of nitrogens with zero attached hydrogens (tertiary/aromatic N) is 1. The maximum atomic E-state index is 13.5. The molecular weight excluding hydrogens is 290 g/mol. The summed E-state index contributed by atoms with van der Waals surface area (Å²) in [5.41, 5.74) is 1.95. The average Bonchev–Trinajstić information content (AvgIpc) is 2.46. The summed E-state index contributed by atoms with van der Waals surface area (Å²) in [7, 11) is 0. The maximum absolute atomic E-state index is 13.5.